The van der Waals surface area contributed by atoms with Crippen molar-refractivity contribution in [3.8, 4) is 5.75 Å². The largest absolute Gasteiger partial charge is 0.435 e. The molecule has 0 aliphatic heterocycles. The second-order valence-corrected chi connectivity index (χ2v) is 6.66. The number of amides is 1. The highest BCUT2D eigenvalue weighted by molar-refractivity contribution is 7.12. The van der Waals surface area contributed by atoms with Gasteiger partial charge in [0.15, 0.2) is 0 Å². The lowest BCUT2D eigenvalue weighted by Crippen LogP contribution is -2.28. The maximum atomic E-state index is 13.9. The first kappa shape index (κ1) is 18.3. The van der Waals surface area contributed by atoms with E-state index in [4.69, 9.17) is 0 Å². The Morgan fingerprint density at radius 1 is 1.17 bits per heavy atom. The van der Waals surface area contributed by atoms with Crippen LogP contribution in [0.4, 0.5) is 17.6 Å². The predicted octanol–water partition coefficient (Wildman–Crippen LogP) is 4.74. The summed E-state index contributed by atoms with van der Waals surface area (Å²) in [5.41, 5.74) is 0.0115. The van der Waals surface area contributed by atoms with Gasteiger partial charge in [0.05, 0.1) is 6.04 Å². The molecule has 0 bridgehead atoms. The van der Waals surface area contributed by atoms with Crippen molar-refractivity contribution in [2.24, 2.45) is 0 Å². The van der Waals surface area contributed by atoms with E-state index in [0.717, 1.165) is 15.3 Å². The highest BCUT2D eigenvalue weighted by Gasteiger charge is 2.22. The van der Waals surface area contributed by atoms with Crippen LogP contribution in [0, 0.1) is 25.5 Å². The number of carbonyl (C=O) groups excluding carboxylic acids is 1. The molecule has 1 atom stereocenters. The summed E-state index contributed by atoms with van der Waals surface area (Å²) in [5, 5.41) is 2.51. The van der Waals surface area contributed by atoms with Gasteiger partial charge >= 0.3 is 6.61 Å². The van der Waals surface area contributed by atoms with Crippen LogP contribution in [0.1, 0.15) is 38.6 Å². The van der Waals surface area contributed by atoms with E-state index in [0.29, 0.717) is 12.1 Å². The monoisotopic (exact) mass is 361 g/mol. The molecule has 0 aliphatic carbocycles. The molecular weight excluding hydrogens is 346 g/mol. The van der Waals surface area contributed by atoms with Crippen molar-refractivity contribution >= 4 is 17.2 Å². The Labute approximate surface area is 140 Å². The zero-order chi connectivity index (χ0) is 18.0. The zero-order valence-electron chi connectivity index (χ0n) is 13.1. The highest BCUT2D eigenvalue weighted by Crippen LogP contribution is 2.27. The van der Waals surface area contributed by atoms with E-state index in [1.165, 1.54) is 0 Å². The summed E-state index contributed by atoms with van der Waals surface area (Å²) in [4.78, 5) is 14.2. The minimum Gasteiger partial charge on any atom is -0.435 e. The van der Waals surface area contributed by atoms with Gasteiger partial charge in [0, 0.05) is 21.9 Å². The molecule has 1 unspecified atom stereocenters. The number of carbonyl (C=O) groups is 1. The lowest BCUT2D eigenvalue weighted by molar-refractivity contribution is -0.0501. The second kappa shape index (κ2) is 7.21. The lowest BCUT2D eigenvalue weighted by Gasteiger charge is -2.15. The number of hydrogen-bond donors (Lipinski definition) is 1. The summed E-state index contributed by atoms with van der Waals surface area (Å²) >= 11 is 1.55. The molecule has 3 nitrogen and oxygen atoms in total. The number of aryl methyl sites for hydroxylation is 2. The van der Waals surface area contributed by atoms with Crippen molar-refractivity contribution in [1.29, 1.82) is 0 Å². The normalized spacial score (nSPS) is 12.3. The molecule has 0 saturated heterocycles. The van der Waals surface area contributed by atoms with Gasteiger partial charge in [-0.2, -0.15) is 8.78 Å². The Hall–Kier alpha value is -2.09. The number of alkyl halides is 2. The fourth-order valence-electron chi connectivity index (χ4n) is 2.36. The van der Waals surface area contributed by atoms with E-state index < -0.39 is 41.5 Å². The molecule has 0 fully saturated rings. The van der Waals surface area contributed by atoms with E-state index in [1.54, 1.807) is 18.3 Å². The van der Waals surface area contributed by atoms with E-state index in [2.05, 4.69) is 10.1 Å². The molecule has 0 spiro atoms. The predicted molar refractivity (Wildman–Crippen MR) is 82.7 cm³/mol. The molecule has 2 rings (SSSR count). The smallest absolute Gasteiger partial charge is 0.387 e. The minimum absolute atomic E-state index is 0.460. The Kier molecular flexibility index (Phi) is 5.48. The number of ether oxygens (including phenoxy) is 1. The van der Waals surface area contributed by atoms with Crippen LogP contribution in [0.3, 0.4) is 0 Å². The van der Waals surface area contributed by atoms with Gasteiger partial charge in [-0.05, 0) is 32.4 Å². The van der Waals surface area contributed by atoms with Crippen LogP contribution in [-0.2, 0) is 0 Å². The summed E-state index contributed by atoms with van der Waals surface area (Å²) < 4.78 is 56.0. The summed E-state index contributed by atoms with van der Waals surface area (Å²) in [5.74, 6) is -4.19. The molecular formula is C16H15F4NO2S. The van der Waals surface area contributed by atoms with E-state index in [-0.39, 0.29) is 0 Å². The standard InChI is InChI=1S/C16H15F4NO2S/c1-7-4-11(9(3)24-7)8(2)21-15(22)14-12(17)5-10(6-13(14)18)23-16(19)20/h4-6,8,16H,1-3H3,(H,21,22). The summed E-state index contributed by atoms with van der Waals surface area (Å²) in [7, 11) is 0. The van der Waals surface area contributed by atoms with Crippen LogP contribution < -0.4 is 10.1 Å². The summed E-state index contributed by atoms with van der Waals surface area (Å²) in [6.07, 6.45) is 0. The molecule has 2 aromatic rings. The molecule has 8 heteroatoms. The van der Waals surface area contributed by atoms with Gasteiger partial charge in [-0.15, -0.1) is 11.3 Å². The maximum absolute atomic E-state index is 13.9. The first-order chi connectivity index (χ1) is 11.2. The molecule has 130 valence electrons. The summed E-state index contributed by atoms with van der Waals surface area (Å²) in [6.45, 7) is 2.27. The first-order valence-electron chi connectivity index (χ1n) is 7.00. The van der Waals surface area contributed by atoms with Crippen LogP contribution in [0.25, 0.3) is 0 Å². The fraction of sp³-hybridized carbons (Fsp3) is 0.312. The number of thiophene rings is 1. The lowest BCUT2D eigenvalue weighted by atomic mass is 10.1. The molecule has 24 heavy (non-hydrogen) atoms. The average molecular weight is 361 g/mol. The van der Waals surface area contributed by atoms with Crippen molar-refractivity contribution in [3.63, 3.8) is 0 Å². The van der Waals surface area contributed by atoms with Gasteiger partial charge in [-0.1, -0.05) is 0 Å². The third-order valence-electron chi connectivity index (χ3n) is 3.36. The van der Waals surface area contributed by atoms with E-state index >= 15 is 0 Å². The Bertz CT molecular complexity index is 738. The van der Waals surface area contributed by atoms with Crippen molar-refractivity contribution in [3.05, 3.63) is 50.7 Å². The molecule has 1 N–H and O–H groups in total. The summed E-state index contributed by atoms with van der Waals surface area (Å²) in [6, 6.07) is 2.53. The van der Waals surface area contributed by atoms with Crippen LogP contribution in [0.2, 0.25) is 0 Å². The van der Waals surface area contributed by atoms with Crippen molar-refractivity contribution in [1.82, 2.24) is 5.32 Å². The Balaban J connectivity index is 2.22. The number of rotatable bonds is 5. The van der Waals surface area contributed by atoms with Crippen LogP contribution in [0.5, 0.6) is 5.75 Å². The third kappa shape index (κ3) is 4.05. The Morgan fingerprint density at radius 2 is 1.75 bits per heavy atom. The van der Waals surface area contributed by atoms with Crippen molar-refractivity contribution < 1.29 is 27.1 Å². The molecule has 1 aromatic carbocycles. The average Bonchev–Trinajstić information content (AvgIpc) is 2.76. The van der Waals surface area contributed by atoms with Gasteiger partial charge in [0.1, 0.15) is 22.9 Å². The molecule has 0 aliphatic rings. The number of benzene rings is 1. The van der Waals surface area contributed by atoms with Gasteiger partial charge in [-0.3, -0.25) is 4.79 Å². The first-order valence-corrected chi connectivity index (χ1v) is 7.82. The quantitative estimate of drug-likeness (QED) is 0.782. The van der Waals surface area contributed by atoms with Crippen LogP contribution >= 0.6 is 11.3 Å². The van der Waals surface area contributed by atoms with Gasteiger partial charge < -0.3 is 10.1 Å². The molecule has 0 radical (unpaired) electrons. The second-order valence-electron chi connectivity index (χ2n) is 5.20. The van der Waals surface area contributed by atoms with Crippen molar-refractivity contribution in [2.45, 2.75) is 33.4 Å². The van der Waals surface area contributed by atoms with Gasteiger partial charge in [0.2, 0.25) is 0 Å². The highest BCUT2D eigenvalue weighted by atomic mass is 32.1. The maximum Gasteiger partial charge on any atom is 0.387 e. The topological polar surface area (TPSA) is 38.3 Å². The molecule has 1 aromatic heterocycles. The van der Waals surface area contributed by atoms with Gasteiger partial charge in [0.25, 0.3) is 5.91 Å². The number of nitrogens with one attached hydrogen (secondary N) is 1. The number of halogens is 4. The third-order valence-corrected chi connectivity index (χ3v) is 4.34. The van der Waals surface area contributed by atoms with Crippen molar-refractivity contribution in [2.75, 3.05) is 0 Å². The number of hydrogen-bond acceptors (Lipinski definition) is 3. The van der Waals surface area contributed by atoms with E-state index in [9.17, 15) is 22.4 Å². The van der Waals surface area contributed by atoms with Gasteiger partial charge in [-0.25, -0.2) is 8.78 Å². The van der Waals surface area contributed by atoms with E-state index in [1.807, 2.05) is 19.9 Å². The molecule has 1 heterocycles. The molecule has 0 saturated carbocycles. The SMILES string of the molecule is Cc1cc(C(C)NC(=O)c2c(F)cc(OC(F)F)cc2F)c(C)s1. The molecule has 1 amide bonds. The van der Waals surface area contributed by atoms with Crippen LogP contribution in [-0.4, -0.2) is 12.5 Å². The van der Waals surface area contributed by atoms with Crippen LogP contribution in [0.15, 0.2) is 18.2 Å². The minimum atomic E-state index is -3.21. The fourth-order valence-corrected chi connectivity index (χ4v) is 3.39. The zero-order valence-corrected chi connectivity index (χ0v) is 13.9. The Morgan fingerprint density at radius 3 is 2.21 bits per heavy atom.